The van der Waals surface area contributed by atoms with Gasteiger partial charge in [-0.3, -0.25) is 0 Å². The highest BCUT2D eigenvalue weighted by Gasteiger charge is 2.15. The van der Waals surface area contributed by atoms with Crippen LogP contribution in [0.25, 0.3) is 0 Å². The quantitative estimate of drug-likeness (QED) is 0.892. The molecule has 1 aliphatic rings. The van der Waals surface area contributed by atoms with Crippen molar-refractivity contribution < 1.29 is 0 Å². The topological polar surface area (TPSA) is 35.8 Å². The van der Waals surface area contributed by atoms with E-state index in [1.165, 1.54) is 12.8 Å². The van der Waals surface area contributed by atoms with E-state index in [9.17, 15) is 0 Å². The molecule has 78 valence electrons. The Balaban J connectivity index is 2.16. The minimum Gasteiger partial charge on any atom is -0.314 e. The standard InChI is InChI=1S/C12H13BrN2/c13-11-4-3-9(10(6-11)8-14)7-12-2-1-5-15-12/h3-4,6,12,15H,1-2,5,7H2. The molecule has 1 unspecified atom stereocenters. The molecule has 1 aliphatic heterocycles. The molecular weight excluding hydrogens is 252 g/mol. The highest BCUT2D eigenvalue weighted by atomic mass is 79.9. The van der Waals surface area contributed by atoms with Gasteiger partial charge in [-0.1, -0.05) is 22.0 Å². The first-order valence-electron chi connectivity index (χ1n) is 5.21. The van der Waals surface area contributed by atoms with Crippen LogP contribution in [-0.2, 0) is 6.42 Å². The Morgan fingerprint density at radius 1 is 1.53 bits per heavy atom. The molecule has 1 N–H and O–H groups in total. The number of hydrogen-bond donors (Lipinski definition) is 1. The van der Waals surface area contributed by atoms with Crippen molar-refractivity contribution in [2.24, 2.45) is 0 Å². The Bertz CT molecular complexity index is 389. The Kier molecular flexibility index (Phi) is 3.40. The summed E-state index contributed by atoms with van der Waals surface area (Å²) in [4.78, 5) is 0. The molecule has 1 saturated heterocycles. The van der Waals surface area contributed by atoms with Crippen molar-refractivity contribution in [3.05, 3.63) is 33.8 Å². The van der Waals surface area contributed by atoms with E-state index in [2.05, 4.69) is 27.3 Å². The minimum absolute atomic E-state index is 0.554. The van der Waals surface area contributed by atoms with Crippen LogP contribution in [0.3, 0.4) is 0 Å². The molecule has 1 aromatic rings. The van der Waals surface area contributed by atoms with E-state index in [4.69, 9.17) is 5.26 Å². The van der Waals surface area contributed by atoms with Gasteiger partial charge in [0, 0.05) is 10.5 Å². The Morgan fingerprint density at radius 2 is 2.40 bits per heavy atom. The summed E-state index contributed by atoms with van der Waals surface area (Å²) in [5.41, 5.74) is 1.94. The lowest BCUT2D eigenvalue weighted by Gasteiger charge is -2.11. The molecular formula is C12H13BrN2. The summed E-state index contributed by atoms with van der Waals surface area (Å²) >= 11 is 3.38. The fourth-order valence-electron chi connectivity index (χ4n) is 2.03. The fourth-order valence-corrected chi connectivity index (χ4v) is 2.39. The first kappa shape index (κ1) is 10.7. The minimum atomic E-state index is 0.554. The summed E-state index contributed by atoms with van der Waals surface area (Å²) in [6.45, 7) is 1.11. The van der Waals surface area contributed by atoms with Crippen molar-refractivity contribution in [2.75, 3.05) is 6.54 Å². The molecule has 2 rings (SSSR count). The lowest BCUT2D eigenvalue weighted by molar-refractivity contribution is 0.602. The number of benzene rings is 1. The van der Waals surface area contributed by atoms with E-state index in [1.807, 2.05) is 18.2 Å². The zero-order chi connectivity index (χ0) is 10.7. The molecule has 2 nitrogen and oxygen atoms in total. The van der Waals surface area contributed by atoms with E-state index in [0.717, 1.165) is 28.6 Å². The van der Waals surface area contributed by atoms with Gasteiger partial charge in [-0.2, -0.15) is 5.26 Å². The van der Waals surface area contributed by atoms with Crippen LogP contribution in [0.2, 0.25) is 0 Å². The summed E-state index contributed by atoms with van der Waals surface area (Å²) < 4.78 is 0.974. The van der Waals surface area contributed by atoms with Crippen LogP contribution in [0.4, 0.5) is 0 Å². The van der Waals surface area contributed by atoms with Gasteiger partial charge >= 0.3 is 0 Å². The number of nitrogens with one attached hydrogen (secondary N) is 1. The fraction of sp³-hybridized carbons (Fsp3) is 0.417. The lowest BCUT2D eigenvalue weighted by atomic mass is 10.0. The first-order valence-corrected chi connectivity index (χ1v) is 6.01. The second-order valence-electron chi connectivity index (χ2n) is 3.91. The van der Waals surface area contributed by atoms with E-state index in [0.29, 0.717) is 6.04 Å². The Hall–Kier alpha value is -0.850. The summed E-state index contributed by atoms with van der Waals surface area (Å²) in [5.74, 6) is 0. The summed E-state index contributed by atoms with van der Waals surface area (Å²) in [7, 11) is 0. The zero-order valence-electron chi connectivity index (χ0n) is 8.46. The van der Waals surface area contributed by atoms with Gasteiger partial charge in [0.05, 0.1) is 11.6 Å². The number of halogens is 1. The molecule has 0 amide bonds. The van der Waals surface area contributed by atoms with Crippen molar-refractivity contribution in [3.63, 3.8) is 0 Å². The molecule has 0 saturated carbocycles. The Labute approximate surface area is 98.4 Å². The predicted octanol–water partition coefficient (Wildman–Crippen LogP) is 2.62. The van der Waals surface area contributed by atoms with Crippen LogP contribution >= 0.6 is 15.9 Å². The molecule has 0 aromatic heterocycles. The van der Waals surface area contributed by atoms with Crippen LogP contribution in [0.1, 0.15) is 24.0 Å². The van der Waals surface area contributed by atoms with E-state index >= 15 is 0 Å². The summed E-state index contributed by atoms with van der Waals surface area (Å²) in [5, 5.41) is 12.5. The molecule has 1 aromatic carbocycles. The van der Waals surface area contributed by atoms with Crippen molar-refractivity contribution in [2.45, 2.75) is 25.3 Å². The van der Waals surface area contributed by atoms with Crippen LogP contribution in [0.5, 0.6) is 0 Å². The van der Waals surface area contributed by atoms with E-state index < -0.39 is 0 Å². The maximum atomic E-state index is 9.03. The average Bonchev–Trinajstić information content (AvgIpc) is 2.73. The molecule has 0 bridgehead atoms. The van der Waals surface area contributed by atoms with Gasteiger partial charge in [-0.15, -0.1) is 0 Å². The molecule has 0 radical (unpaired) electrons. The number of hydrogen-bond acceptors (Lipinski definition) is 2. The van der Waals surface area contributed by atoms with Crippen LogP contribution in [0.15, 0.2) is 22.7 Å². The normalized spacial score (nSPS) is 20.1. The van der Waals surface area contributed by atoms with Gasteiger partial charge in [-0.05, 0) is 43.5 Å². The van der Waals surface area contributed by atoms with E-state index in [-0.39, 0.29) is 0 Å². The monoisotopic (exact) mass is 264 g/mol. The lowest BCUT2D eigenvalue weighted by Crippen LogP contribution is -2.23. The summed E-state index contributed by atoms with van der Waals surface area (Å²) in [6.07, 6.45) is 3.44. The molecule has 0 aliphatic carbocycles. The Morgan fingerprint density at radius 3 is 3.07 bits per heavy atom. The largest absolute Gasteiger partial charge is 0.314 e. The number of nitriles is 1. The predicted molar refractivity (Wildman–Crippen MR) is 63.6 cm³/mol. The van der Waals surface area contributed by atoms with E-state index in [1.54, 1.807) is 0 Å². The second-order valence-corrected chi connectivity index (χ2v) is 4.83. The van der Waals surface area contributed by atoms with Crippen LogP contribution in [-0.4, -0.2) is 12.6 Å². The molecule has 3 heteroatoms. The molecule has 1 heterocycles. The van der Waals surface area contributed by atoms with Gasteiger partial charge < -0.3 is 5.32 Å². The van der Waals surface area contributed by atoms with Crippen LogP contribution < -0.4 is 5.32 Å². The van der Waals surface area contributed by atoms with Gasteiger partial charge in [0.25, 0.3) is 0 Å². The average molecular weight is 265 g/mol. The maximum absolute atomic E-state index is 9.03. The van der Waals surface area contributed by atoms with Gasteiger partial charge in [0.2, 0.25) is 0 Å². The van der Waals surface area contributed by atoms with Crippen molar-refractivity contribution >= 4 is 15.9 Å². The smallest absolute Gasteiger partial charge is 0.0994 e. The van der Waals surface area contributed by atoms with Crippen molar-refractivity contribution in [1.82, 2.24) is 5.32 Å². The molecule has 1 fully saturated rings. The third kappa shape index (κ3) is 2.58. The van der Waals surface area contributed by atoms with Crippen molar-refractivity contribution in [1.29, 1.82) is 5.26 Å². The third-order valence-corrected chi connectivity index (χ3v) is 3.31. The highest BCUT2D eigenvalue weighted by Crippen LogP contribution is 2.19. The second kappa shape index (κ2) is 4.78. The number of nitrogens with zero attached hydrogens (tertiary/aromatic N) is 1. The van der Waals surface area contributed by atoms with Gasteiger partial charge in [-0.25, -0.2) is 0 Å². The van der Waals surface area contributed by atoms with Gasteiger partial charge in [0.1, 0.15) is 0 Å². The number of rotatable bonds is 2. The zero-order valence-corrected chi connectivity index (χ0v) is 10.0. The maximum Gasteiger partial charge on any atom is 0.0994 e. The summed E-state index contributed by atoms with van der Waals surface area (Å²) in [6, 6.07) is 8.75. The molecule has 1 atom stereocenters. The SMILES string of the molecule is N#Cc1cc(Br)ccc1CC1CCCN1. The molecule has 0 spiro atoms. The highest BCUT2D eigenvalue weighted by molar-refractivity contribution is 9.10. The van der Waals surface area contributed by atoms with Crippen LogP contribution in [0, 0.1) is 11.3 Å². The first-order chi connectivity index (χ1) is 7.29. The third-order valence-electron chi connectivity index (χ3n) is 2.82. The van der Waals surface area contributed by atoms with Crippen molar-refractivity contribution in [3.8, 4) is 6.07 Å². The molecule has 15 heavy (non-hydrogen) atoms. The van der Waals surface area contributed by atoms with Gasteiger partial charge in [0.15, 0.2) is 0 Å².